The molecule has 20 atom stereocenters. The Labute approximate surface area is 637 Å². The van der Waals surface area contributed by atoms with E-state index in [0.717, 1.165) is 76.0 Å². The predicted octanol–water partition coefficient (Wildman–Crippen LogP) is 23.6. The second-order valence-corrected chi connectivity index (χ2v) is 36.8. The average molecular weight is 1410 g/mol. The van der Waals surface area contributed by atoms with Crippen molar-refractivity contribution >= 4 is 5.57 Å². The fourth-order valence-corrected chi connectivity index (χ4v) is 25.8. The minimum absolute atomic E-state index is 0.189. The van der Waals surface area contributed by atoms with Crippen LogP contribution in [0.4, 0.5) is 0 Å². The van der Waals surface area contributed by atoms with Gasteiger partial charge in [0.05, 0.1) is 18.4 Å². The molecule has 19 rings (SSSR count). The molecule has 5 heteroatoms. The van der Waals surface area contributed by atoms with Gasteiger partial charge < -0.3 is 0 Å². The molecule has 5 nitrogen and oxygen atoms in total. The van der Waals surface area contributed by atoms with E-state index in [1.165, 1.54) is 158 Å². The largest absolute Gasteiger partial charge is 0.295 e. The zero-order valence-electron chi connectivity index (χ0n) is 64.4. The molecule has 0 bridgehead atoms. The van der Waals surface area contributed by atoms with Crippen molar-refractivity contribution in [3.8, 4) is 6.07 Å². The van der Waals surface area contributed by atoms with E-state index in [9.17, 15) is 5.26 Å². The topological polar surface area (TPSA) is 71.9 Å². The molecule has 106 heavy (non-hydrogen) atoms. The lowest BCUT2D eigenvalue weighted by molar-refractivity contribution is 0.148. The first-order chi connectivity index (χ1) is 52.3. The maximum absolute atomic E-state index is 9.62. The lowest BCUT2D eigenvalue weighted by Gasteiger charge is -2.49. The van der Waals surface area contributed by atoms with Gasteiger partial charge in [0, 0.05) is 53.8 Å². The van der Waals surface area contributed by atoms with Gasteiger partial charge in [-0.2, -0.15) is 5.26 Å². The highest BCUT2D eigenvalue weighted by molar-refractivity contribution is 5.83. The fraction of sp³-hybridized carbons (Fsp3) is 0.554. The third-order valence-corrected chi connectivity index (χ3v) is 31.4. The molecule has 552 valence electrons. The Kier molecular flexibility index (Phi) is 20.4. The zero-order valence-corrected chi connectivity index (χ0v) is 64.4. The first-order valence-electron chi connectivity index (χ1n) is 44.1. The van der Waals surface area contributed by atoms with Gasteiger partial charge in [0.1, 0.15) is 0 Å². The van der Waals surface area contributed by atoms with Crippen LogP contribution in [-0.4, -0.2) is 36.5 Å². The van der Waals surface area contributed by atoms with Gasteiger partial charge in [0.2, 0.25) is 0 Å². The smallest absolute Gasteiger partial charge is 0.0839 e. The van der Waals surface area contributed by atoms with Crippen LogP contribution in [0.1, 0.15) is 259 Å². The summed E-state index contributed by atoms with van der Waals surface area (Å²) in [6.45, 7) is 5.14. The van der Waals surface area contributed by atoms with Crippen LogP contribution in [0.2, 0.25) is 0 Å². The van der Waals surface area contributed by atoms with Gasteiger partial charge in [0.15, 0.2) is 0 Å². The van der Waals surface area contributed by atoms with Gasteiger partial charge in [-0.15, -0.1) is 0 Å². The lowest BCUT2D eigenvalue weighted by atomic mass is 9.58. The third kappa shape index (κ3) is 13.4. The Balaban J connectivity index is 0.556. The van der Waals surface area contributed by atoms with Crippen LogP contribution in [0.5, 0.6) is 0 Å². The van der Waals surface area contributed by atoms with Crippen molar-refractivity contribution < 1.29 is 0 Å². The summed E-state index contributed by atoms with van der Waals surface area (Å²) >= 11 is 0. The number of nitrogens with zero attached hydrogens (tertiary/aromatic N) is 1. The number of hydrogen-bond acceptors (Lipinski definition) is 5. The SMILES string of the molecule is CC1C(C2=CCC(C3=C(C4=CC=C(C5=CCC6c7ccccc7C7=C(C8C=CC(C9NC(C%10=CCCCC%10)NC(C%10=CCC(C%11C=CC%12CCCCC%12C%11c%11ccc(C%12CCC(C#N)CC%12)cc%11)CC%10)C9C)CC8)C=CC5C76)CC4)CCC4=C3CCCC4)C=C2)NC(C2=CCCC=C2)NC1C1C=CCCC1. The highest BCUT2D eigenvalue weighted by atomic mass is 15.2. The van der Waals surface area contributed by atoms with Crippen molar-refractivity contribution in [1.29, 1.82) is 5.26 Å². The zero-order chi connectivity index (χ0) is 70.8. The standard InChI is InChI=1S/C101H123N5/c1-63-96(76-20-6-3-7-21-76)103-100(80-22-8-4-9-23-80)104-97(63)79-52-46-75(47-53-79)93-84-27-15-13-19-69(84)54-56-85(93)71-38-36-70(37-39-71)82-58-60-91-88-28-16-17-29-89(88)94-87(59-61-90(82)95(91)94)73-42-50-78(51-43-73)99-64(2)98(105-101(106-99)81-24-10-5-11-25-81)77-48-40-72(41-49-77)86-57-55-68-18-12-14-26-83(68)92(86)74-44-34-67(35-45-74)66-32-30-65(62-102)31-33-66/h6,8,16-17,20,22-24,28-29,34-36,38,42,44-46,48,50,52-53,55,57-59,61,63-66,68,72-73,75-76,78,83,86,90-92,95-101,103-106H,3-5,7,9-15,18-19,21,25-27,30-33,37,39-41,43,47,49,51,54,56,60H2,1-2H3. The number of rotatable bonds is 13. The predicted molar refractivity (Wildman–Crippen MR) is 439 cm³/mol. The molecule has 2 saturated carbocycles. The van der Waals surface area contributed by atoms with Crippen LogP contribution in [-0.2, 0) is 0 Å². The van der Waals surface area contributed by atoms with Crippen LogP contribution < -0.4 is 21.3 Å². The van der Waals surface area contributed by atoms with E-state index < -0.39 is 0 Å². The summed E-state index contributed by atoms with van der Waals surface area (Å²) in [5.41, 5.74) is 27.7. The van der Waals surface area contributed by atoms with Crippen LogP contribution in [0.15, 0.2) is 231 Å². The number of benzene rings is 2. The molecule has 2 aliphatic heterocycles. The summed E-state index contributed by atoms with van der Waals surface area (Å²) in [7, 11) is 0. The first kappa shape index (κ1) is 70.0. The number of hydrogen-bond donors (Lipinski definition) is 4. The lowest BCUT2D eigenvalue weighted by Crippen LogP contribution is -2.65. The number of allylic oxidation sites excluding steroid dienone is 24. The van der Waals surface area contributed by atoms with Crippen molar-refractivity contribution in [3.05, 3.63) is 253 Å². The molecule has 0 aromatic heterocycles. The van der Waals surface area contributed by atoms with Gasteiger partial charge >= 0.3 is 0 Å². The summed E-state index contributed by atoms with van der Waals surface area (Å²) in [4.78, 5) is 0. The summed E-state index contributed by atoms with van der Waals surface area (Å²) in [6, 6.07) is 24.0. The van der Waals surface area contributed by atoms with Gasteiger partial charge in [-0.25, -0.2) is 0 Å². The maximum atomic E-state index is 9.62. The van der Waals surface area contributed by atoms with Crippen molar-refractivity contribution in [2.24, 2.45) is 76.9 Å². The maximum Gasteiger partial charge on any atom is 0.0839 e. The van der Waals surface area contributed by atoms with Gasteiger partial charge in [-0.05, 0) is 341 Å². The fourth-order valence-electron chi connectivity index (χ4n) is 25.8. The highest BCUT2D eigenvalue weighted by Gasteiger charge is 2.50. The Morgan fingerprint density at radius 3 is 2.05 bits per heavy atom. The highest BCUT2D eigenvalue weighted by Crippen LogP contribution is 2.62. The molecule has 2 heterocycles. The molecule has 4 N–H and O–H groups in total. The van der Waals surface area contributed by atoms with Crippen molar-refractivity contribution in [3.63, 3.8) is 0 Å². The molecule has 2 saturated heterocycles. The first-order valence-corrected chi connectivity index (χ1v) is 44.1. The van der Waals surface area contributed by atoms with Gasteiger partial charge in [0.25, 0.3) is 0 Å². The van der Waals surface area contributed by atoms with E-state index in [4.69, 9.17) is 0 Å². The Hall–Kier alpha value is -6.39. The van der Waals surface area contributed by atoms with E-state index in [1.54, 1.807) is 78.0 Å². The van der Waals surface area contributed by atoms with Crippen molar-refractivity contribution in [2.75, 3.05) is 0 Å². The Morgan fingerprint density at radius 1 is 0.462 bits per heavy atom. The molecule has 0 amide bonds. The van der Waals surface area contributed by atoms with Crippen molar-refractivity contribution in [1.82, 2.24) is 21.3 Å². The number of fused-ring (bicyclic) bond motifs is 4. The van der Waals surface area contributed by atoms with E-state index in [1.807, 2.05) is 0 Å². The van der Waals surface area contributed by atoms with Gasteiger partial charge in [-0.1, -0.05) is 202 Å². The molecule has 20 unspecified atom stereocenters. The summed E-state index contributed by atoms with van der Waals surface area (Å²) in [6.07, 6.45) is 89.9. The molecule has 17 aliphatic rings. The minimum atomic E-state index is 0.189. The average Bonchev–Trinajstić information content (AvgIpc) is 1.56. The molecule has 2 aromatic rings. The molecule has 15 aliphatic carbocycles. The van der Waals surface area contributed by atoms with E-state index in [0.29, 0.717) is 101 Å². The monoisotopic (exact) mass is 1410 g/mol. The third-order valence-electron chi connectivity index (χ3n) is 31.4. The second kappa shape index (κ2) is 30.8. The number of nitrogens with one attached hydrogen (secondary N) is 4. The molecule has 0 spiro atoms. The summed E-state index contributed by atoms with van der Waals surface area (Å²) < 4.78 is 0. The van der Waals surface area contributed by atoms with Crippen LogP contribution in [0.3, 0.4) is 0 Å². The molecule has 2 aromatic carbocycles. The van der Waals surface area contributed by atoms with E-state index in [-0.39, 0.29) is 18.2 Å². The Morgan fingerprint density at radius 2 is 1.26 bits per heavy atom. The van der Waals surface area contributed by atoms with Crippen molar-refractivity contribution in [2.45, 2.75) is 274 Å². The summed E-state index contributed by atoms with van der Waals surface area (Å²) in [5, 5.41) is 26.8. The molecule has 0 radical (unpaired) electrons. The van der Waals surface area contributed by atoms with E-state index >= 15 is 0 Å². The van der Waals surface area contributed by atoms with Crippen LogP contribution in [0.25, 0.3) is 5.57 Å². The van der Waals surface area contributed by atoms with Crippen LogP contribution in [0, 0.1) is 88.3 Å². The molecule has 4 fully saturated rings. The Bertz CT molecular complexity index is 4240. The minimum Gasteiger partial charge on any atom is -0.295 e. The second-order valence-electron chi connectivity index (χ2n) is 36.8. The normalized spacial score (nSPS) is 39.2. The quantitative estimate of drug-likeness (QED) is 0.150. The molecular formula is C101H123N5. The van der Waals surface area contributed by atoms with Gasteiger partial charge in [-0.3, -0.25) is 21.3 Å². The van der Waals surface area contributed by atoms with E-state index in [2.05, 4.69) is 205 Å². The number of nitriles is 1. The molecular weight excluding hydrogens is 1280 g/mol. The summed E-state index contributed by atoms with van der Waals surface area (Å²) in [5.74, 6) is 8.68. The van der Waals surface area contributed by atoms with Crippen LogP contribution >= 0.6 is 0 Å².